The molecule has 2 aromatic rings. The lowest BCUT2D eigenvalue weighted by atomic mass is 9.49. The van der Waals surface area contributed by atoms with Gasteiger partial charge in [0, 0.05) is 9.75 Å². The summed E-state index contributed by atoms with van der Waals surface area (Å²) in [5, 5.41) is 11.6. The molecule has 0 atom stereocenters. The molecule has 6 rings (SSSR count). The van der Waals surface area contributed by atoms with Gasteiger partial charge >= 0.3 is 0 Å². The average Bonchev–Trinajstić information content (AvgIpc) is 3.03. The molecule has 0 amide bonds. The predicted octanol–water partition coefficient (Wildman–Crippen LogP) is 5.06. The van der Waals surface area contributed by atoms with Crippen LogP contribution in [0.4, 0.5) is 0 Å². The molecule has 1 aromatic carbocycles. The van der Waals surface area contributed by atoms with E-state index in [1.54, 1.807) is 0 Å². The highest BCUT2D eigenvalue weighted by Gasteiger charge is 2.57. The second-order valence-corrected chi connectivity index (χ2v) is 8.74. The Kier molecular flexibility index (Phi) is 2.84. The summed E-state index contributed by atoms with van der Waals surface area (Å²) >= 11 is 1.81. The van der Waals surface area contributed by atoms with E-state index < -0.39 is 5.60 Å². The Bertz CT molecular complexity index is 659. The molecule has 22 heavy (non-hydrogen) atoms. The van der Waals surface area contributed by atoms with Crippen LogP contribution in [-0.2, 0) is 5.60 Å². The number of hydrogen-bond donors (Lipinski definition) is 1. The molecule has 0 unspecified atom stereocenters. The van der Waals surface area contributed by atoms with Crippen molar-refractivity contribution in [3.63, 3.8) is 0 Å². The van der Waals surface area contributed by atoms with Gasteiger partial charge in [0.2, 0.25) is 0 Å². The van der Waals surface area contributed by atoms with Crippen molar-refractivity contribution < 1.29 is 5.11 Å². The zero-order valence-corrected chi connectivity index (χ0v) is 13.6. The maximum absolute atomic E-state index is 11.6. The van der Waals surface area contributed by atoms with Crippen molar-refractivity contribution in [3.05, 3.63) is 47.3 Å². The number of benzene rings is 1. The van der Waals surface area contributed by atoms with Gasteiger partial charge in [0.15, 0.2) is 0 Å². The lowest BCUT2D eigenvalue weighted by molar-refractivity contribution is -0.177. The van der Waals surface area contributed by atoms with Crippen LogP contribution in [0.1, 0.15) is 37.0 Å². The monoisotopic (exact) mass is 310 g/mol. The van der Waals surface area contributed by atoms with Crippen LogP contribution in [-0.4, -0.2) is 5.11 Å². The van der Waals surface area contributed by atoms with Gasteiger partial charge in [-0.15, -0.1) is 11.3 Å². The molecule has 4 fully saturated rings. The third-order valence-electron chi connectivity index (χ3n) is 6.44. The third kappa shape index (κ3) is 1.80. The van der Waals surface area contributed by atoms with Crippen LogP contribution in [0.15, 0.2) is 42.5 Å². The summed E-state index contributed by atoms with van der Waals surface area (Å²) in [6.45, 7) is 0. The Morgan fingerprint density at radius 1 is 0.818 bits per heavy atom. The molecule has 4 aliphatic rings. The summed E-state index contributed by atoms with van der Waals surface area (Å²) in [5.41, 5.74) is 0.733. The van der Waals surface area contributed by atoms with Gasteiger partial charge < -0.3 is 5.11 Å². The van der Waals surface area contributed by atoms with Crippen molar-refractivity contribution in [1.29, 1.82) is 0 Å². The van der Waals surface area contributed by atoms with E-state index >= 15 is 0 Å². The van der Waals surface area contributed by atoms with Crippen LogP contribution in [0.2, 0.25) is 0 Å². The van der Waals surface area contributed by atoms with Crippen LogP contribution in [0, 0.1) is 23.7 Å². The van der Waals surface area contributed by atoms with Crippen LogP contribution < -0.4 is 0 Å². The highest BCUT2D eigenvalue weighted by molar-refractivity contribution is 7.15. The van der Waals surface area contributed by atoms with Crippen LogP contribution in [0.3, 0.4) is 0 Å². The van der Waals surface area contributed by atoms with Crippen molar-refractivity contribution in [1.82, 2.24) is 0 Å². The summed E-state index contributed by atoms with van der Waals surface area (Å²) in [4.78, 5) is 2.51. The molecule has 1 heterocycles. The molecular weight excluding hydrogens is 288 g/mol. The van der Waals surface area contributed by atoms with E-state index in [0.717, 1.165) is 11.8 Å². The maximum atomic E-state index is 11.6. The molecule has 2 heteroatoms. The summed E-state index contributed by atoms with van der Waals surface area (Å²) in [6, 6.07) is 15.0. The fourth-order valence-electron chi connectivity index (χ4n) is 5.62. The fourth-order valence-corrected chi connectivity index (χ4v) is 6.88. The maximum Gasteiger partial charge on any atom is 0.104 e. The number of aliphatic hydroxyl groups is 1. The second kappa shape index (κ2) is 4.69. The van der Waals surface area contributed by atoms with Gasteiger partial charge in [0.05, 0.1) is 0 Å². The Morgan fingerprint density at radius 2 is 1.45 bits per heavy atom. The molecule has 0 aliphatic heterocycles. The van der Waals surface area contributed by atoms with Crippen molar-refractivity contribution >= 4 is 11.3 Å². The molecule has 4 saturated carbocycles. The van der Waals surface area contributed by atoms with Gasteiger partial charge in [0.25, 0.3) is 0 Å². The van der Waals surface area contributed by atoms with Gasteiger partial charge in [-0.3, -0.25) is 0 Å². The topological polar surface area (TPSA) is 20.2 Å². The first kappa shape index (κ1) is 13.3. The minimum Gasteiger partial charge on any atom is -0.384 e. The average molecular weight is 310 g/mol. The highest BCUT2D eigenvalue weighted by atomic mass is 32.1. The molecule has 1 N–H and O–H groups in total. The van der Waals surface area contributed by atoms with Gasteiger partial charge in [-0.25, -0.2) is 0 Å². The third-order valence-corrected chi connectivity index (χ3v) is 7.72. The van der Waals surface area contributed by atoms with E-state index in [9.17, 15) is 5.11 Å². The minimum atomic E-state index is -0.537. The molecule has 0 spiro atoms. The Morgan fingerprint density at radius 3 is 2.09 bits per heavy atom. The fraction of sp³-hybridized carbons (Fsp3) is 0.500. The summed E-state index contributed by atoms with van der Waals surface area (Å²) < 4.78 is 0. The van der Waals surface area contributed by atoms with Gasteiger partial charge in [-0.2, -0.15) is 0 Å². The number of rotatable bonds is 2. The van der Waals surface area contributed by atoms with E-state index in [1.807, 2.05) is 11.3 Å². The van der Waals surface area contributed by atoms with Crippen molar-refractivity contribution in [2.75, 3.05) is 0 Å². The lowest BCUT2D eigenvalue weighted by Gasteiger charge is -2.58. The van der Waals surface area contributed by atoms with E-state index in [0.29, 0.717) is 11.8 Å². The molecule has 114 valence electrons. The number of thiophene rings is 1. The Balaban J connectivity index is 1.53. The minimum absolute atomic E-state index is 0.506. The van der Waals surface area contributed by atoms with Crippen molar-refractivity contribution in [3.8, 4) is 10.4 Å². The first-order chi connectivity index (χ1) is 10.7. The van der Waals surface area contributed by atoms with Gasteiger partial charge in [0.1, 0.15) is 5.60 Å². The summed E-state index contributed by atoms with van der Waals surface area (Å²) in [6.07, 6.45) is 6.44. The zero-order valence-electron chi connectivity index (χ0n) is 12.7. The summed E-state index contributed by atoms with van der Waals surface area (Å²) in [7, 11) is 0. The Hall–Kier alpha value is -1.12. The molecular formula is C20H22OS. The molecule has 0 radical (unpaired) electrons. The predicted molar refractivity (Wildman–Crippen MR) is 90.7 cm³/mol. The first-order valence-corrected chi connectivity index (χ1v) is 9.43. The molecule has 4 aliphatic carbocycles. The van der Waals surface area contributed by atoms with Crippen LogP contribution >= 0.6 is 11.3 Å². The second-order valence-electron chi connectivity index (χ2n) is 7.66. The quantitative estimate of drug-likeness (QED) is 0.822. The number of hydrogen-bond acceptors (Lipinski definition) is 2. The van der Waals surface area contributed by atoms with E-state index in [-0.39, 0.29) is 0 Å². The molecule has 1 aromatic heterocycles. The Labute approximate surface area is 136 Å². The summed E-state index contributed by atoms with van der Waals surface area (Å²) in [5.74, 6) is 2.81. The lowest BCUT2D eigenvalue weighted by Crippen LogP contribution is -2.55. The molecule has 0 saturated heterocycles. The van der Waals surface area contributed by atoms with Crippen molar-refractivity contribution in [2.45, 2.75) is 37.7 Å². The van der Waals surface area contributed by atoms with Crippen molar-refractivity contribution in [2.24, 2.45) is 23.7 Å². The zero-order chi connectivity index (χ0) is 14.7. The molecule has 1 nitrogen and oxygen atoms in total. The first-order valence-electron chi connectivity index (χ1n) is 8.61. The smallest absolute Gasteiger partial charge is 0.104 e. The van der Waals surface area contributed by atoms with Gasteiger partial charge in [-0.05, 0) is 73.5 Å². The normalized spacial score (nSPS) is 39.3. The van der Waals surface area contributed by atoms with E-state index in [1.165, 1.54) is 47.4 Å². The van der Waals surface area contributed by atoms with Crippen LogP contribution in [0.5, 0.6) is 0 Å². The largest absolute Gasteiger partial charge is 0.384 e. The van der Waals surface area contributed by atoms with Crippen LogP contribution in [0.25, 0.3) is 10.4 Å². The standard InChI is InChI=1S/C20H22OS/c21-20(16-9-13-8-14(11-16)12-17(20)10-13)19-7-6-18(22-19)15-4-2-1-3-5-15/h1-7,13-14,16-17,21H,8-12H2. The van der Waals surface area contributed by atoms with E-state index in [2.05, 4.69) is 42.5 Å². The van der Waals surface area contributed by atoms with E-state index in [4.69, 9.17) is 0 Å². The SMILES string of the molecule is OC1(c2ccc(-c3ccccc3)s2)C2CC3CC(C2)CC1C3. The molecule has 4 bridgehead atoms. The van der Waals surface area contributed by atoms with Gasteiger partial charge in [-0.1, -0.05) is 30.3 Å². The highest BCUT2D eigenvalue weighted by Crippen LogP contribution is 2.62.